The smallest absolute Gasteiger partial charge is 0.242 e. The van der Waals surface area contributed by atoms with Gasteiger partial charge in [0.2, 0.25) is 11.8 Å². The summed E-state index contributed by atoms with van der Waals surface area (Å²) in [5, 5.41) is 1.03. The summed E-state index contributed by atoms with van der Waals surface area (Å²) >= 11 is 0. The summed E-state index contributed by atoms with van der Waals surface area (Å²) in [7, 11) is 0. The van der Waals surface area contributed by atoms with E-state index >= 15 is 0 Å². The van der Waals surface area contributed by atoms with Gasteiger partial charge in [0.25, 0.3) is 0 Å². The Balaban J connectivity index is 1.36. The number of fused-ring (bicyclic) bond motifs is 2. The van der Waals surface area contributed by atoms with Crippen LogP contribution in [0.15, 0.2) is 18.6 Å². The van der Waals surface area contributed by atoms with E-state index in [4.69, 9.17) is 0 Å². The lowest BCUT2D eigenvalue weighted by Crippen LogP contribution is -2.54. The van der Waals surface area contributed by atoms with Crippen LogP contribution in [0, 0.1) is 0 Å². The van der Waals surface area contributed by atoms with Crippen LogP contribution in [-0.2, 0) is 9.59 Å². The first-order valence-electron chi connectivity index (χ1n) is 9.84. The summed E-state index contributed by atoms with van der Waals surface area (Å²) in [5.41, 5.74) is 0.847. The molecule has 0 bridgehead atoms. The molecule has 2 atom stereocenters. The van der Waals surface area contributed by atoms with Crippen LogP contribution in [0.2, 0.25) is 0 Å². The van der Waals surface area contributed by atoms with E-state index in [0.29, 0.717) is 13.0 Å². The van der Waals surface area contributed by atoms with Crippen LogP contribution in [0.3, 0.4) is 0 Å². The standard InChI is InChI=1S/C19H24N6O2/c26-16-4-2-8-23(16)11-17(27)24-9-1-3-14-15(24)6-10-25(14)19-13-5-7-20-18(13)21-12-22-19/h5,7,12,14-15H,1-4,6,8-11H2,(H,20,21,22)/t14-,15-/m1/s1. The summed E-state index contributed by atoms with van der Waals surface area (Å²) in [5.74, 6) is 1.16. The minimum Gasteiger partial charge on any atom is -0.351 e. The zero-order valence-corrected chi connectivity index (χ0v) is 15.3. The molecule has 2 amide bonds. The number of H-pyrrole nitrogens is 1. The number of anilines is 1. The van der Waals surface area contributed by atoms with Crippen molar-refractivity contribution < 1.29 is 9.59 Å². The van der Waals surface area contributed by atoms with Gasteiger partial charge in [0.15, 0.2) is 0 Å². The van der Waals surface area contributed by atoms with E-state index in [2.05, 4.69) is 19.9 Å². The lowest BCUT2D eigenvalue weighted by atomic mass is 9.96. The van der Waals surface area contributed by atoms with Crippen molar-refractivity contribution in [1.82, 2.24) is 24.8 Å². The average molecular weight is 368 g/mol. The van der Waals surface area contributed by atoms with Crippen molar-refractivity contribution in [3.63, 3.8) is 0 Å². The predicted molar refractivity (Wildman–Crippen MR) is 100 cm³/mol. The van der Waals surface area contributed by atoms with Crippen LogP contribution in [-0.4, -0.2) is 74.8 Å². The molecule has 8 heteroatoms. The van der Waals surface area contributed by atoms with Crippen molar-refractivity contribution in [2.45, 2.75) is 44.2 Å². The summed E-state index contributed by atoms with van der Waals surface area (Å²) in [4.78, 5) is 42.9. The van der Waals surface area contributed by atoms with Gasteiger partial charge in [-0.1, -0.05) is 0 Å². The third-order valence-corrected chi connectivity index (χ3v) is 6.23. The SMILES string of the molecule is O=C1CCCN1CC(=O)N1CCC[C@@H]2[C@H]1CCN2c1ncnc2[nH]ccc12. The van der Waals surface area contributed by atoms with Crippen LogP contribution in [0.5, 0.6) is 0 Å². The van der Waals surface area contributed by atoms with Crippen molar-refractivity contribution >= 4 is 28.7 Å². The molecule has 0 unspecified atom stereocenters. The number of hydrogen-bond donors (Lipinski definition) is 1. The molecule has 5 heterocycles. The molecular formula is C19H24N6O2. The molecule has 27 heavy (non-hydrogen) atoms. The Morgan fingerprint density at radius 3 is 2.93 bits per heavy atom. The first-order chi connectivity index (χ1) is 13.2. The number of aromatic amines is 1. The highest BCUT2D eigenvalue weighted by Gasteiger charge is 2.43. The van der Waals surface area contributed by atoms with Crippen molar-refractivity contribution in [1.29, 1.82) is 0 Å². The molecule has 2 aromatic heterocycles. The zero-order chi connectivity index (χ0) is 18.4. The minimum absolute atomic E-state index is 0.0938. The topological polar surface area (TPSA) is 85.4 Å². The summed E-state index contributed by atoms with van der Waals surface area (Å²) < 4.78 is 0. The Labute approximate surface area is 157 Å². The molecule has 142 valence electrons. The monoisotopic (exact) mass is 368 g/mol. The second-order valence-corrected chi connectivity index (χ2v) is 7.70. The van der Waals surface area contributed by atoms with Gasteiger partial charge >= 0.3 is 0 Å². The first kappa shape index (κ1) is 16.5. The van der Waals surface area contributed by atoms with Gasteiger partial charge in [-0.05, 0) is 31.7 Å². The second kappa shape index (κ2) is 6.51. The normalized spacial score (nSPS) is 25.5. The molecule has 0 spiro atoms. The number of carbonyl (C=O) groups is 2. The van der Waals surface area contributed by atoms with Crippen LogP contribution in [0.4, 0.5) is 5.82 Å². The van der Waals surface area contributed by atoms with Crippen LogP contribution in [0.1, 0.15) is 32.1 Å². The maximum absolute atomic E-state index is 12.9. The van der Waals surface area contributed by atoms with Crippen LogP contribution in [0.25, 0.3) is 11.0 Å². The van der Waals surface area contributed by atoms with E-state index < -0.39 is 0 Å². The number of likely N-dealkylation sites (tertiary alicyclic amines) is 2. The van der Waals surface area contributed by atoms with Gasteiger partial charge in [-0.15, -0.1) is 0 Å². The Morgan fingerprint density at radius 1 is 1.15 bits per heavy atom. The molecule has 3 aliphatic heterocycles. The molecule has 2 aromatic rings. The molecule has 1 N–H and O–H groups in total. The highest BCUT2D eigenvalue weighted by Crippen LogP contribution is 2.36. The summed E-state index contributed by atoms with van der Waals surface area (Å²) in [6.45, 7) is 2.63. The fourth-order valence-electron chi connectivity index (χ4n) is 4.97. The number of nitrogens with zero attached hydrogens (tertiary/aromatic N) is 5. The third kappa shape index (κ3) is 2.74. The predicted octanol–water partition coefficient (Wildman–Crippen LogP) is 1.15. The Kier molecular flexibility index (Phi) is 3.98. The maximum Gasteiger partial charge on any atom is 0.242 e. The number of nitrogens with one attached hydrogen (secondary N) is 1. The van der Waals surface area contributed by atoms with Crippen LogP contribution >= 0.6 is 0 Å². The van der Waals surface area contributed by atoms with E-state index in [0.717, 1.165) is 55.6 Å². The number of amides is 2. The lowest BCUT2D eigenvalue weighted by Gasteiger charge is -2.40. The fourth-order valence-corrected chi connectivity index (χ4v) is 4.97. The van der Waals surface area contributed by atoms with E-state index in [9.17, 15) is 9.59 Å². The van der Waals surface area contributed by atoms with E-state index in [-0.39, 0.29) is 30.4 Å². The van der Waals surface area contributed by atoms with Gasteiger partial charge in [-0.2, -0.15) is 0 Å². The Morgan fingerprint density at radius 2 is 2.07 bits per heavy atom. The van der Waals surface area contributed by atoms with Crippen LogP contribution < -0.4 is 4.90 Å². The van der Waals surface area contributed by atoms with Gasteiger partial charge in [-0.25, -0.2) is 9.97 Å². The van der Waals surface area contributed by atoms with Gasteiger partial charge in [0.1, 0.15) is 17.8 Å². The minimum atomic E-state index is 0.0938. The average Bonchev–Trinajstić information content (AvgIpc) is 3.41. The molecule has 0 radical (unpaired) electrons. The van der Waals surface area contributed by atoms with Gasteiger partial charge < -0.3 is 19.7 Å². The number of hydrogen-bond acceptors (Lipinski definition) is 5. The molecule has 3 saturated heterocycles. The van der Waals surface area contributed by atoms with E-state index in [1.807, 2.05) is 17.2 Å². The largest absolute Gasteiger partial charge is 0.351 e. The highest BCUT2D eigenvalue weighted by molar-refractivity contribution is 5.88. The van der Waals surface area contributed by atoms with Gasteiger partial charge in [0.05, 0.1) is 24.0 Å². The number of carbonyl (C=O) groups excluding carboxylic acids is 2. The molecule has 0 aromatic carbocycles. The fraction of sp³-hybridized carbons (Fsp3) is 0.579. The van der Waals surface area contributed by atoms with Crippen molar-refractivity contribution in [3.8, 4) is 0 Å². The van der Waals surface area contributed by atoms with Crippen molar-refractivity contribution in [2.75, 3.05) is 31.1 Å². The molecule has 3 aliphatic rings. The van der Waals surface area contributed by atoms with E-state index in [1.165, 1.54) is 0 Å². The number of aromatic nitrogens is 3. The molecule has 3 fully saturated rings. The maximum atomic E-state index is 12.9. The third-order valence-electron chi connectivity index (χ3n) is 6.23. The number of piperidine rings is 1. The highest BCUT2D eigenvalue weighted by atomic mass is 16.2. The zero-order valence-electron chi connectivity index (χ0n) is 15.3. The van der Waals surface area contributed by atoms with Crippen molar-refractivity contribution in [2.24, 2.45) is 0 Å². The molecule has 0 aliphatic carbocycles. The lowest BCUT2D eigenvalue weighted by molar-refractivity contribution is -0.140. The Hall–Kier alpha value is -2.64. The first-order valence-corrected chi connectivity index (χ1v) is 9.84. The summed E-state index contributed by atoms with van der Waals surface area (Å²) in [6.07, 6.45) is 7.93. The molecule has 0 saturated carbocycles. The van der Waals surface area contributed by atoms with E-state index in [1.54, 1.807) is 11.2 Å². The summed E-state index contributed by atoms with van der Waals surface area (Å²) in [6, 6.07) is 2.50. The van der Waals surface area contributed by atoms with Crippen molar-refractivity contribution in [3.05, 3.63) is 18.6 Å². The second-order valence-electron chi connectivity index (χ2n) is 7.70. The molecule has 5 rings (SSSR count). The molecule has 8 nitrogen and oxygen atoms in total. The van der Waals surface area contributed by atoms with Gasteiger partial charge in [0, 0.05) is 32.3 Å². The molecular weight excluding hydrogens is 344 g/mol. The number of rotatable bonds is 3. The Bertz CT molecular complexity index is 880. The van der Waals surface area contributed by atoms with Gasteiger partial charge in [-0.3, -0.25) is 9.59 Å². The quantitative estimate of drug-likeness (QED) is 0.878.